The number of aromatic amines is 1. The number of rotatable bonds is 4. The van der Waals surface area contributed by atoms with E-state index in [0.717, 1.165) is 14.8 Å². The van der Waals surface area contributed by atoms with Crippen LogP contribution in [0.2, 0.25) is 5.02 Å². The number of carbonyl (C=O) groups is 1. The number of carboxylic acids is 1. The first-order valence-corrected chi connectivity index (χ1v) is 8.00. The van der Waals surface area contributed by atoms with Gasteiger partial charge in [0.25, 0.3) is 0 Å². The number of nitrogens with zero attached hydrogens (tertiary/aromatic N) is 1. The molecular weight excluding hydrogens is 431 g/mol. The highest BCUT2D eigenvalue weighted by atomic mass is 127. The van der Waals surface area contributed by atoms with Crippen LogP contribution in [0.15, 0.2) is 48.5 Å². The Labute approximate surface area is 150 Å². The van der Waals surface area contributed by atoms with E-state index in [4.69, 9.17) is 21.4 Å². The maximum absolute atomic E-state index is 10.8. The molecule has 3 rings (SSSR count). The summed E-state index contributed by atoms with van der Waals surface area (Å²) in [5, 5.41) is 16.5. The van der Waals surface area contributed by atoms with Crippen LogP contribution in [-0.4, -0.2) is 21.3 Å². The number of carboxylic acid groups (broad SMARTS) is 1. The van der Waals surface area contributed by atoms with Gasteiger partial charge in [0.15, 0.2) is 0 Å². The van der Waals surface area contributed by atoms with Crippen molar-refractivity contribution >= 4 is 40.2 Å². The van der Waals surface area contributed by atoms with E-state index in [9.17, 15) is 4.79 Å². The first kappa shape index (κ1) is 15.8. The van der Waals surface area contributed by atoms with Crippen molar-refractivity contribution in [3.63, 3.8) is 0 Å². The fraction of sp³-hybridized carbons (Fsp3) is 0. The monoisotopic (exact) mass is 440 g/mol. The first-order valence-electron chi connectivity index (χ1n) is 6.54. The van der Waals surface area contributed by atoms with Gasteiger partial charge >= 0.3 is 5.97 Å². The highest BCUT2D eigenvalue weighted by Crippen LogP contribution is 2.28. The van der Waals surface area contributed by atoms with Crippen LogP contribution in [-0.2, 0) is 0 Å². The minimum Gasteiger partial charge on any atom is -0.478 e. The van der Waals surface area contributed by atoms with Gasteiger partial charge in [0, 0.05) is 20.2 Å². The van der Waals surface area contributed by atoms with Crippen molar-refractivity contribution in [3.05, 3.63) is 62.7 Å². The molecule has 7 heteroatoms. The van der Waals surface area contributed by atoms with Crippen molar-refractivity contribution in [2.24, 2.45) is 0 Å². The summed E-state index contributed by atoms with van der Waals surface area (Å²) in [5.41, 5.74) is 1.89. The molecule has 2 N–H and O–H groups in total. The van der Waals surface area contributed by atoms with E-state index in [0.29, 0.717) is 16.7 Å². The third kappa shape index (κ3) is 3.83. The molecule has 0 bridgehead atoms. The number of halogens is 2. The van der Waals surface area contributed by atoms with Crippen molar-refractivity contribution < 1.29 is 14.6 Å². The van der Waals surface area contributed by atoms with Crippen LogP contribution in [0.25, 0.3) is 11.3 Å². The molecule has 0 saturated heterocycles. The molecule has 5 nitrogen and oxygen atoms in total. The van der Waals surface area contributed by atoms with Crippen LogP contribution in [0.4, 0.5) is 0 Å². The van der Waals surface area contributed by atoms with Gasteiger partial charge in [-0.3, -0.25) is 5.10 Å². The van der Waals surface area contributed by atoms with E-state index in [2.05, 4.69) is 32.8 Å². The van der Waals surface area contributed by atoms with Crippen molar-refractivity contribution in [1.29, 1.82) is 0 Å². The molecule has 0 aliphatic rings. The maximum atomic E-state index is 10.8. The van der Waals surface area contributed by atoms with Crippen LogP contribution in [0.5, 0.6) is 11.6 Å². The average Bonchev–Trinajstić information content (AvgIpc) is 2.95. The van der Waals surface area contributed by atoms with Crippen LogP contribution < -0.4 is 4.74 Å². The molecule has 3 aromatic rings. The summed E-state index contributed by atoms with van der Waals surface area (Å²) >= 11 is 8.25. The number of aromatic carboxylic acids is 1. The number of benzene rings is 2. The van der Waals surface area contributed by atoms with E-state index >= 15 is 0 Å². The van der Waals surface area contributed by atoms with Crippen LogP contribution in [0.1, 0.15) is 10.4 Å². The summed E-state index contributed by atoms with van der Waals surface area (Å²) in [7, 11) is 0. The minimum absolute atomic E-state index is 0.202. The molecule has 0 unspecified atom stereocenters. The molecule has 0 aliphatic heterocycles. The van der Waals surface area contributed by atoms with E-state index < -0.39 is 5.97 Å². The van der Waals surface area contributed by atoms with Gasteiger partial charge in [0.05, 0.1) is 11.3 Å². The van der Waals surface area contributed by atoms with Gasteiger partial charge in [0.1, 0.15) is 5.75 Å². The lowest BCUT2D eigenvalue weighted by Crippen LogP contribution is -1.95. The van der Waals surface area contributed by atoms with Gasteiger partial charge in [-0.1, -0.05) is 11.6 Å². The SMILES string of the molecule is O=C(O)c1ccc(Oc2cc(-c3cc(Cl)cc(I)c3)[nH]n2)cc1. The summed E-state index contributed by atoms with van der Waals surface area (Å²) in [5.74, 6) is -0.0825. The highest BCUT2D eigenvalue weighted by Gasteiger charge is 2.08. The third-order valence-electron chi connectivity index (χ3n) is 3.05. The smallest absolute Gasteiger partial charge is 0.335 e. The van der Waals surface area contributed by atoms with Gasteiger partial charge in [0.2, 0.25) is 5.88 Å². The highest BCUT2D eigenvalue weighted by molar-refractivity contribution is 14.1. The molecule has 116 valence electrons. The van der Waals surface area contributed by atoms with Crippen molar-refractivity contribution in [2.45, 2.75) is 0 Å². The largest absolute Gasteiger partial charge is 0.478 e. The molecule has 1 aromatic heterocycles. The third-order valence-corrected chi connectivity index (χ3v) is 3.89. The lowest BCUT2D eigenvalue weighted by molar-refractivity contribution is 0.0697. The minimum atomic E-state index is -0.978. The van der Waals surface area contributed by atoms with E-state index in [1.165, 1.54) is 12.1 Å². The Hall–Kier alpha value is -2.06. The van der Waals surface area contributed by atoms with Gasteiger partial charge in [-0.25, -0.2) is 4.79 Å². The number of aromatic nitrogens is 2. The molecule has 0 spiro atoms. The predicted octanol–water partition coefficient (Wildman–Crippen LogP) is 4.83. The van der Waals surface area contributed by atoms with Gasteiger partial charge in [-0.15, -0.1) is 5.10 Å². The molecule has 0 fully saturated rings. The Morgan fingerprint density at radius 2 is 1.91 bits per heavy atom. The second-order valence-corrected chi connectivity index (χ2v) is 6.39. The van der Waals surface area contributed by atoms with Gasteiger partial charge in [-0.05, 0) is 65.1 Å². The molecule has 2 aromatic carbocycles. The molecule has 23 heavy (non-hydrogen) atoms. The second-order valence-electron chi connectivity index (χ2n) is 4.71. The molecule has 0 saturated carbocycles. The van der Waals surface area contributed by atoms with Gasteiger partial charge < -0.3 is 9.84 Å². The van der Waals surface area contributed by atoms with E-state index in [-0.39, 0.29) is 5.56 Å². The summed E-state index contributed by atoms with van der Waals surface area (Å²) in [6, 6.07) is 13.6. The summed E-state index contributed by atoms with van der Waals surface area (Å²) in [6.07, 6.45) is 0. The lowest BCUT2D eigenvalue weighted by Gasteiger charge is -2.02. The predicted molar refractivity (Wildman–Crippen MR) is 95.2 cm³/mol. The van der Waals surface area contributed by atoms with Crippen LogP contribution in [0.3, 0.4) is 0 Å². The van der Waals surface area contributed by atoms with E-state index in [1.807, 2.05) is 18.2 Å². The number of ether oxygens (including phenoxy) is 1. The molecule has 0 atom stereocenters. The normalized spacial score (nSPS) is 10.5. The number of hydrogen-bond donors (Lipinski definition) is 2. The second kappa shape index (κ2) is 6.59. The standard InChI is InChI=1S/C16H10ClIN2O3/c17-11-5-10(6-12(18)7-11)14-8-15(20-19-14)23-13-3-1-9(2-4-13)16(21)22/h1-8H,(H,19,20)(H,21,22). The lowest BCUT2D eigenvalue weighted by atomic mass is 10.1. The fourth-order valence-corrected chi connectivity index (χ4v) is 3.09. The Balaban J connectivity index is 1.80. The van der Waals surface area contributed by atoms with Crippen molar-refractivity contribution in [3.8, 4) is 22.9 Å². The molecule has 1 heterocycles. The average molecular weight is 441 g/mol. The Morgan fingerprint density at radius 1 is 1.17 bits per heavy atom. The maximum Gasteiger partial charge on any atom is 0.335 e. The Morgan fingerprint density at radius 3 is 2.57 bits per heavy atom. The zero-order valence-electron chi connectivity index (χ0n) is 11.6. The molecule has 0 aliphatic carbocycles. The quantitative estimate of drug-likeness (QED) is 0.570. The molecule has 0 amide bonds. The first-order chi connectivity index (χ1) is 11.0. The van der Waals surface area contributed by atoms with E-state index in [1.54, 1.807) is 18.2 Å². The molecular formula is C16H10ClIN2O3. The summed E-state index contributed by atoms with van der Waals surface area (Å²) in [6.45, 7) is 0. The zero-order chi connectivity index (χ0) is 16.4. The molecule has 0 radical (unpaired) electrons. The van der Waals surface area contributed by atoms with Gasteiger partial charge in [-0.2, -0.15) is 0 Å². The number of nitrogens with one attached hydrogen (secondary N) is 1. The number of H-pyrrole nitrogens is 1. The Bertz CT molecular complexity index is 842. The fourth-order valence-electron chi connectivity index (χ4n) is 2.00. The van der Waals surface area contributed by atoms with Crippen LogP contribution >= 0.6 is 34.2 Å². The summed E-state index contributed by atoms with van der Waals surface area (Å²) in [4.78, 5) is 10.8. The number of hydrogen-bond acceptors (Lipinski definition) is 3. The Kier molecular flexibility index (Phi) is 4.53. The van der Waals surface area contributed by atoms with Crippen molar-refractivity contribution in [1.82, 2.24) is 10.2 Å². The van der Waals surface area contributed by atoms with Crippen molar-refractivity contribution in [2.75, 3.05) is 0 Å². The topological polar surface area (TPSA) is 75.2 Å². The zero-order valence-corrected chi connectivity index (χ0v) is 14.5. The van der Waals surface area contributed by atoms with Crippen LogP contribution in [0, 0.1) is 3.57 Å². The summed E-state index contributed by atoms with van der Waals surface area (Å²) < 4.78 is 6.63.